The Kier molecular flexibility index (Phi) is 8.81. The SMILES string of the molecule is CC(C)(C)C1=c2cc3cc(-n4c(-c5ccccc5)ccc4-c4ccccc4)cc(C(C)(C)C)c3cc2=CC(n2c(-c3ccccc3)ccc2-c2ccccc2)C1. The second-order valence-electron chi connectivity index (χ2n) is 17.4. The molecule has 2 heteroatoms. The fourth-order valence-corrected chi connectivity index (χ4v) is 8.90. The zero-order valence-corrected chi connectivity index (χ0v) is 33.4. The lowest BCUT2D eigenvalue weighted by atomic mass is 9.77. The molecular formula is C54H50N2. The summed E-state index contributed by atoms with van der Waals surface area (Å²) in [5.74, 6) is 0. The summed E-state index contributed by atoms with van der Waals surface area (Å²) in [5.41, 5.74) is 13.7. The molecule has 0 spiro atoms. The van der Waals surface area contributed by atoms with Gasteiger partial charge in [-0.2, -0.15) is 0 Å². The predicted molar refractivity (Wildman–Crippen MR) is 238 cm³/mol. The Balaban J connectivity index is 1.31. The van der Waals surface area contributed by atoms with E-state index in [1.54, 1.807) is 0 Å². The highest BCUT2D eigenvalue weighted by molar-refractivity contribution is 5.91. The molecule has 1 unspecified atom stereocenters. The minimum absolute atomic E-state index is 0.0340. The first-order chi connectivity index (χ1) is 27.0. The number of hydrogen-bond donors (Lipinski definition) is 0. The summed E-state index contributed by atoms with van der Waals surface area (Å²) in [6, 6.07) is 62.6. The van der Waals surface area contributed by atoms with Gasteiger partial charge in [-0.05, 0) is 115 Å². The topological polar surface area (TPSA) is 9.86 Å². The van der Waals surface area contributed by atoms with Crippen LogP contribution in [-0.2, 0) is 5.41 Å². The molecule has 8 aromatic rings. The van der Waals surface area contributed by atoms with Crippen LogP contribution in [0.1, 0.15) is 59.6 Å². The van der Waals surface area contributed by atoms with Crippen molar-refractivity contribution in [1.29, 1.82) is 0 Å². The molecule has 2 heterocycles. The lowest BCUT2D eigenvalue weighted by Gasteiger charge is -2.32. The average Bonchev–Trinajstić information content (AvgIpc) is 3.86. The highest BCUT2D eigenvalue weighted by atomic mass is 15.0. The van der Waals surface area contributed by atoms with Crippen LogP contribution in [0.5, 0.6) is 0 Å². The Morgan fingerprint density at radius 2 is 0.911 bits per heavy atom. The number of benzene rings is 6. The highest BCUT2D eigenvalue weighted by Gasteiger charge is 2.29. The molecule has 0 radical (unpaired) electrons. The molecule has 6 aromatic carbocycles. The van der Waals surface area contributed by atoms with Crippen molar-refractivity contribution in [1.82, 2.24) is 9.13 Å². The second-order valence-corrected chi connectivity index (χ2v) is 17.4. The maximum Gasteiger partial charge on any atom is 0.0569 e. The molecule has 0 fully saturated rings. The summed E-state index contributed by atoms with van der Waals surface area (Å²) in [7, 11) is 0. The molecule has 276 valence electrons. The van der Waals surface area contributed by atoms with E-state index in [4.69, 9.17) is 0 Å². The van der Waals surface area contributed by atoms with Gasteiger partial charge in [0.05, 0.1) is 17.4 Å². The van der Waals surface area contributed by atoms with Crippen LogP contribution in [0, 0.1) is 5.41 Å². The molecule has 0 bridgehead atoms. The minimum atomic E-state index is -0.0957. The first-order valence-electron chi connectivity index (χ1n) is 20.0. The van der Waals surface area contributed by atoms with E-state index in [0.29, 0.717) is 0 Å². The molecule has 0 saturated heterocycles. The van der Waals surface area contributed by atoms with Gasteiger partial charge in [0.15, 0.2) is 0 Å². The van der Waals surface area contributed by atoms with Crippen LogP contribution in [-0.4, -0.2) is 9.13 Å². The molecule has 0 N–H and O–H groups in total. The van der Waals surface area contributed by atoms with Crippen molar-refractivity contribution in [2.24, 2.45) is 5.41 Å². The molecule has 0 aliphatic heterocycles. The van der Waals surface area contributed by atoms with E-state index < -0.39 is 0 Å². The fourth-order valence-electron chi connectivity index (χ4n) is 8.90. The van der Waals surface area contributed by atoms with E-state index in [1.807, 2.05) is 0 Å². The second kappa shape index (κ2) is 13.9. The standard InChI is InChI=1S/C54H50N2/c1-53(2,3)47-35-43(55-49(37-19-11-7-12-20-37)27-28-50(55)38-21-13-8-14-22-38)31-41-34-46-42(33-45(41)47)32-44(36-48(46)54(4,5)6)56-51(39-23-15-9-16-24-39)29-30-52(56)40-25-17-10-18-26-40/h7-35,44H,36H2,1-6H3. The van der Waals surface area contributed by atoms with Crippen LogP contribution in [0.2, 0.25) is 0 Å². The molecule has 1 aliphatic carbocycles. The van der Waals surface area contributed by atoms with Crippen molar-refractivity contribution < 1.29 is 0 Å². The van der Waals surface area contributed by atoms with Gasteiger partial charge in [0.25, 0.3) is 0 Å². The van der Waals surface area contributed by atoms with E-state index in [2.05, 4.69) is 227 Å². The Labute approximate surface area is 331 Å². The molecule has 2 aromatic heterocycles. The highest BCUT2D eigenvalue weighted by Crippen LogP contribution is 2.41. The van der Waals surface area contributed by atoms with E-state index in [9.17, 15) is 0 Å². The molecule has 9 rings (SSSR count). The van der Waals surface area contributed by atoms with Crippen molar-refractivity contribution in [3.8, 4) is 50.7 Å². The van der Waals surface area contributed by atoms with Crippen LogP contribution in [0.15, 0.2) is 170 Å². The van der Waals surface area contributed by atoms with Gasteiger partial charge in [0.1, 0.15) is 0 Å². The largest absolute Gasteiger partial charge is 0.333 e. The normalized spacial score (nSPS) is 14.5. The molecule has 0 amide bonds. The van der Waals surface area contributed by atoms with E-state index in [0.717, 1.165) is 6.42 Å². The van der Waals surface area contributed by atoms with Crippen molar-refractivity contribution in [2.45, 2.75) is 59.4 Å². The van der Waals surface area contributed by atoms with Crippen LogP contribution < -0.4 is 10.4 Å². The number of nitrogens with zero attached hydrogens (tertiary/aromatic N) is 2. The summed E-state index contributed by atoms with van der Waals surface area (Å²) in [4.78, 5) is 0. The monoisotopic (exact) mass is 726 g/mol. The predicted octanol–water partition coefficient (Wildman–Crippen LogP) is 13.0. The van der Waals surface area contributed by atoms with E-state index in [1.165, 1.54) is 83.1 Å². The van der Waals surface area contributed by atoms with Gasteiger partial charge in [-0.3, -0.25) is 0 Å². The third-order valence-electron chi connectivity index (χ3n) is 11.6. The molecule has 0 saturated carbocycles. The summed E-state index contributed by atoms with van der Waals surface area (Å²) in [5, 5.41) is 5.29. The lowest BCUT2D eigenvalue weighted by molar-refractivity contribution is 0.516. The minimum Gasteiger partial charge on any atom is -0.333 e. The molecular weight excluding hydrogens is 677 g/mol. The first kappa shape index (κ1) is 35.6. The quantitative estimate of drug-likeness (QED) is 0.161. The van der Waals surface area contributed by atoms with Gasteiger partial charge in [0.2, 0.25) is 0 Å². The van der Waals surface area contributed by atoms with Gasteiger partial charge < -0.3 is 9.13 Å². The Morgan fingerprint density at radius 3 is 1.36 bits per heavy atom. The third kappa shape index (κ3) is 6.43. The molecule has 56 heavy (non-hydrogen) atoms. The average molecular weight is 727 g/mol. The Bertz CT molecular complexity index is 2690. The maximum absolute atomic E-state index is 2.60. The van der Waals surface area contributed by atoms with Crippen LogP contribution in [0.25, 0.3) is 73.1 Å². The number of rotatable bonds is 6. The summed E-state index contributed by atoms with van der Waals surface area (Å²) >= 11 is 0. The number of fused-ring (bicyclic) bond motifs is 2. The first-order valence-corrected chi connectivity index (χ1v) is 20.0. The van der Waals surface area contributed by atoms with Crippen molar-refractivity contribution in [2.75, 3.05) is 0 Å². The van der Waals surface area contributed by atoms with Crippen LogP contribution in [0.3, 0.4) is 0 Å². The van der Waals surface area contributed by atoms with Crippen LogP contribution in [0.4, 0.5) is 0 Å². The van der Waals surface area contributed by atoms with Crippen LogP contribution >= 0.6 is 0 Å². The zero-order valence-electron chi connectivity index (χ0n) is 33.4. The fraction of sp³-hybridized carbons (Fsp3) is 0.185. The van der Waals surface area contributed by atoms with Gasteiger partial charge >= 0.3 is 0 Å². The smallest absolute Gasteiger partial charge is 0.0569 e. The van der Waals surface area contributed by atoms with E-state index in [-0.39, 0.29) is 16.9 Å². The molecule has 1 aliphatic rings. The number of aromatic nitrogens is 2. The summed E-state index contributed by atoms with van der Waals surface area (Å²) < 4.78 is 5.07. The van der Waals surface area contributed by atoms with Crippen molar-refractivity contribution in [3.63, 3.8) is 0 Å². The van der Waals surface area contributed by atoms with Crippen molar-refractivity contribution in [3.05, 3.63) is 186 Å². The summed E-state index contributed by atoms with van der Waals surface area (Å²) in [6.07, 6.45) is 3.49. The van der Waals surface area contributed by atoms with Gasteiger partial charge in [0, 0.05) is 17.1 Å². The maximum atomic E-state index is 2.60. The van der Waals surface area contributed by atoms with Crippen molar-refractivity contribution >= 4 is 22.4 Å². The Hall–Kier alpha value is -6.12. The molecule has 2 nitrogen and oxygen atoms in total. The summed E-state index contributed by atoms with van der Waals surface area (Å²) in [6.45, 7) is 14.2. The Morgan fingerprint density at radius 1 is 0.464 bits per heavy atom. The third-order valence-corrected chi connectivity index (χ3v) is 11.6. The molecule has 1 atom stereocenters. The lowest BCUT2D eigenvalue weighted by Crippen LogP contribution is -2.37. The van der Waals surface area contributed by atoms with Gasteiger partial charge in [-0.25, -0.2) is 0 Å². The number of hydrogen-bond acceptors (Lipinski definition) is 0. The van der Waals surface area contributed by atoms with Gasteiger partial charge in [-0.15, -0.1) is 0 Å². The zero-order chi connectivity index (χ0) is 38.6. The van der Waals surface area contributed by atoms with Gasteiger partial charge in [-0.1, -0.05) is 175 Å². The van der Waals surface area contributed by atoms with E-state index >= 15 is 0 Å².